The first-order valence-electron chi connectivity index (χ1n) is 6.24. The summed E-state index contributed by atoms with van der Waals surface area (Å²) in [4.78, 5) is 11.6. The highest BCUT2D eigenvalue weighted by Gasteiger charge is 2.05. The van der Waals surface area contributed by atoms with Crippen LogP contribution in [0.25, 0.3) is 0 Å². The van der Waals surface area contributed by atoms with Crippen LogP contribution in [0.3, 0.4) is 0 Å². The molecule has 0 heterocycles. The van der Waals surface area contributed by atoms with E-state index in [2.05, 4.69) is 42.4 Å². The summed E-state index contributed by atoms with van der Waals surface area (Å²) in [6, 6.07) is 12.1. The van der Waals surface area contributed by atoms with Crippen LogP contribution < -0.4 is 10.2 Å². The molecule has 0 bridgehead atoms. The molecule has 1 amide bonds. The van der Waals surface area contributed by atoms with Crippen molar-refractivity contribution in [2.75, 3.05) is 6.61 Å². The molecular weight excluding hydrogens is 416 g/mol. The van der Waals surface area contributed by atoms with E-state index in [1.807, 2.05) is 12.1 Å². The molecule has 7 heteroatoms. The van der Waals surface area contributed by atoms with Gasteiger partial charge in [0.25, 0.3) is 5.91 Å². The molecule has 2 aromatic rings. The lowest BCUT2D eigenvalue weighted by Crippen LogP contribution is -2.24. The average molecular weight is 428 g/mol. The van der Waals surface area contributed by atoms with Crippen LogP contribution in [0.15, 0.2) is 56.5 Å². The van der Waals surface area contributed by atoms with Crippen LogP contribution in [-0.4, -0.2) is 23.8 Å². The van der Waals surface area contributed by atoms with Gasteiger partial charge in [-0.2, -0.15) is 5.10 Å². The SMILES string of the molecule is O=C(COc1ccc(Br)cc1Br)N/N=C/c1ccccc1O. The zero-order valence-corrected chi connectivity index (χ0v) is 14.5. The molecule has 2 aromatic carbocycles. The fourth-order valence-electron chi connectivity index (χ4n) is 1.54. The number of nitrogens with one attached hydrogen (secondary N) is 1. The molecule has 0 aliphatic heterocycles. The Hall–Kier alpha value is -1.86. The molecule has 0 aliphatic rings. The number of carbonyl (C=O) groups excluding carboxylic acids is 1. The first-order valence-corrected chi connectivity index (χ1v) is 7.82. The summed E-state index contributed by atoms with van der Waals surface area (Å²) < 4.78 is 7.03. The first kappa shape index (κ1) is 16.5. The Kier molecular flexibility index (Phi) is 5.97. The molecule has 2 N–H and O–H groups in total. The number of hydrogen-bond acceptors (Lipinski definition) is 4. The number of ether oxygens (including phenoxy) is 1. The number of hydrogen-bond donors (Lipinski definition) is 2. The molecule has 0 fully saturated rings. The van der Waals surface area contributed by atoms with Gasteiger partial charge in [-0.15, -0.1) is 0 Å². The molecule has 0 spiro atoms. The van der Waals surface area contributed by atoms with E-state index in [0.717, 1.165) is 8.95 Å². The third-order valence-electron chi connectivity index (χ3n) is 2.58. The van der Waals surface area contributed by atoms with Gasteiger partial charge in [-0.3, -0.25) is 4.79 Å². The Morgan fingerprint density at radius 1 is 1.27 bits per heavy atom. The number of carbonyl (C=O) groups is 1. The summed E-state index contributed by atoms with van der Waals surface area (Å²) in [7, 11) is 0. The molecule has 0 saturated carbocycles. The number of aromatic hydroxyl groups is 1. The lowest BCUT2D eigenvalue weighted by Gasteiger charge is -2.07. The van der Waals surface area contributed by atoms with Crippen molar-refractivity contribution in [3.63, 3.8) is 0 Å². The van der Waals surface area contributed by atoms with E-state index in [1.54, 1.807) is 24.3 Å². The number of hydrazone groups is 1. The molecule has 0 unspecified atom stereocenters. The summed E-state index contributed by atoms with van der Waals surface area (Å²) in [6.45, 7) is -0.168. The summed E-state index contributed by atoms with van der Waals surface area (Å²) in [5.41, 5.74) is 2.84. The average Bonchev–Trinajstić information content (AvgIpc) is 2.48. The van der Waals surface area contributed by atoms with Crippen LogP contribution in [-0.2, 0) is 4.79 Å². The van der Waals surface area contributed by atoms with Crippen molar-refractivity contribution in [2.45, 2.75) is 0 Å². The standard InChI is InChI=1S/C15H12Br2N2O3/c16-11-5-6-14(12(17)7-11)22-9-15(21)19-18-8-10-3-1-2-4-13(10)20/h1-8,20H,9H2,(H,19,21)/b18-8+. The number of phenolic OH excluding ortho intramolecular Hbond substituents is 1. The van der Waals surface area contributed by atoms with Gasteiger partial charge in [0.05, 0.1) is 10.7 Å². The molecular formula is C15H12Br2N2O3. The topological polar surface area (TPSA) is 70.9 Å². The molecule has 22 heavy (non-hydrogen) atoms. The van der Waals surface area contributed by atoms with Gasteiger partial charge in [0.1, 0.15) is 11.5 Å². The number of halogens is 2. The Bertz CT molecular complexity index is 705. The summed E-state index contributed by atoms with van der Waals surface area (Å²) in [5.74, 6) is 0.250. The van der Waals surface area contributed by atoms with Gasteiger partial charge in [-0.25, -0.2) is 5.43 Å². The zero-order chi connectivity index (χ0) is 15.9. The van der Waals surface area contributed by atoms with Crippen molar-refractivity contribution in [2.24, 2.45) is 5.10 Å². The number of para-hydroxylation sites is 1. The van der Waals surface area contributed by atoms with E-state index in [9.17, 15) is 9.90 Å². The highest BCUT2D eigenvalue weighted by molar-refractivity contribution is 9.11. The van der Waals surface area contributed by atoms with Crippen molar-refractivity contribution >= 4 is 44.0 Å². The second-order valence-corrected chi connectivity index (χ2v) is 5.99. The highest BCUT2D eigenvalue weighted by atomic mass is 79.9. The van der Waals surface area contributed by atoms with Gasteiger partial charge < -0.3 is 9.84 Å². The maximum atomic E-state index is 11.6. The maximum Gasteiger partial charge on any atom is 0.277 e. The zero-order valence-electron chi connectivity index (χ0n) is 11.3. The van der Waals surface area contributed by atoms with Crippen LogP contribution in [0.2, 0.25) is 0 Å². The highest BCUT2D eigenvalue weighted by Crippen LogP contribution is 2.28. The van der Waals surface area contributed by atoms with Crippen molar-refractivity contribution in [1.29, 1.82) is 0 Å². The van der Waals surface area contributed by atoms with Crippen LogP contribution in [0.1, 0.15) is 5.56 Å². The number of amides is 1. The fraction of sp³-hybridized carbons (Fsp3) is 0.0667. The predicted molar refractivity (Wildman–Crippen MR) is 91.2 cm³/mol. The van der Waals surface area contributed by atoms with E-state index >= 15 is 0 Å². The van der Waals surface area contributed by atoms with Gasteiger partial charge in [0.2, 0.25) is 0 Å². The first-order chi connectivity index (χ1) is 10.6. The molecule has 114 valence electrons. The predicted octanol–water partition coefficient (Wildman–Crippen LogP) is 3.45. The smallest absolute Gasteiger partial charge is 0.277 e. The molecule has 2 rings (SSSR count). The van der Waals surface area contributed by atoms with E-state index in [1.165, 1.54) is 12.3 Å². The van der Waals surface area contributed by atoms with Crippen LogP contribution in [0.5, 0.6) is 11.5 Å². The van der Waals surface area contributed by atoms with Crippen molar-refractivity contribution in [3.05, 3.63) is 57.0 Å². The fourth-order valence-corrected chi connectivity index (χ4v) is 2.70. The van der Waals surface area contributed by atoms with Gasteiger partial charge in [-0.1, -0.05) is 28.1 Å². The minimum Gasteiger partial charge on any atom is -0.507 e. The lowest BCUT2D eigenvalue weighted by atomic mass is 10.2. The molecule has 0 aromatic heterocycles. The largest absolute Gasteiger partial charge is 0.507 e. The third kappa shape index (κ3) is 4.85. The molecule has 5 nitrogen and oxygen atoms in total. The normalized spacial score (nSPS) is 10.6. The lowest BCUT2D eigenvalue weighted by molar-refractivity contribution is -0.123. The van der Waals surface area contributed by atoms with E-state index in [0.29, 0.717) is 11.3 Å². The van der Waals surface area contributed by atoms with Gasteiger partial charge in [-0.05, 0) is 46.3 Å². The number of nitrogens with zero attached hydrogens (tertiary/aromatic N) is 1. The van der Waals surface area contributed by atoms with Crippen molar-refractivity contribution in [3.8, 4) is 11.5 Å². The van der Waals surface area contributed by atoms with E-state index in [-0.39, 0.29) is 12.4 Å². The number of phenols is 1. The Balaban J connectivity index is 1.84. The second-order valence-electron chi connectivity index (χ2n) is 4.22. The minimum atomic E-state index is -0.401. The van der Waals surface area contributed by atoms with Crippen molar-refractivity contribution < 1.29 is 14.6 Å². The molecule has 0 saturated heterocycles. The molecule has 0 radical (unpaired) electrons. The maximum absolute atomic E-state index is 11.6. The second kappa shape index (κ2) is 7.95. The molecule has 0 atom stereocenters. The molecule has 0 aliphatic carbocycles. The Morgan fingerprint density at radius 2 is 2.05 bits per heavy atom. The monoisotopic (exact) mass is 426 g/mol. The quantitative estimate of drug-likeness (QED) is 0.567. The van der Waals surface area contributed by atoms with Gasteiger partial charge >= 0.3 is 0 Å². The number of benzene rings is 2. The minimum absolute atomic E-state index is 0.0931. The van der Waals surface area contributed by atoms with Crippen LogP contribution in [0, 0.1) is 0 Å². The van der Waals surface area contributed by atoms with Gasteiger partial charge in [0, 0.05) is 10.0 Å². The van der Waals surface area contributed by atoms with Crippen LogP contribution >= 0.6 is 31.9 Å². The van der Waals surface area contributed by atoms with Crippen molar-refractivity contribution in [1.82, 2.24) is 5.43 Å². The van der Waals surface area contributed by atoms with Gasteiger partial charge in [0.15, 0.2) is 6.61 Å². The Labute approximate surface area is 144 Å². The summed E-state index contributed by atoms with van der Waals surface area (Å²) >= 11 is 6.68. The van der Waals surface area contributed by atoms with Crippen LogP contribution in [0.4, 0.5) is 0 Å². The Morgan fingerprint density at radius 3 is 2.77 bits per heavy atom. The summed E-state index contributed by atoms with van der Waals surface area (Å²) in [6.07, 6.45) is 1.36. The van der Waals surface area contributed by atoms with E-state index < -0.39 is 5.91 Å². The number of rotatable bonds is 5. The van der Waals surface area contributed by atoms with E-state index in [4.69, 9.17) is 4.74 Å². The third-order valence-corrected chi connectivity index (χ3v) is 3.70. The summed E-state index contributed by atoms with van der Waals surface area (Å²) in [5, 5.41) is 13.3.